The Morgan fingerprint density at radius 2 is 1.83 bits per heavy atom. The number of rotatable bonds is 5. The van der Waals surface area contributed by atoms with Crippen LogP contribution in [0.3, 0.4) is 0 Å². The molecule has 1 aromatic carbocycles. The first-order valence-corrected chi connectivity index (χ1v) is 10.0. The maximum Gasteiger partial charge on any atom is 0.315 e. The van der Waals surface area contributed by atoms with Gasteiger partial charge in [0.2, 0.25) is 0 Å². The molecule has 7 heteroatoms. The summed E-state index contributed by atoms with van der Waals surface area (Å²) in [7, 11) is 0. The fourth-order valence-electron chi connectivity index (χ4n) is 3.44. The number of urea groups is 1. The van der Waals surface area contributed by atoms with Crippen molar-refractivity contribution < 1.29 is 14.0 Å². The van der Waals surface area contributed by atoms with Crippen LogP contribution in [0.2, 0.25) is 0 Å². The van der Waals surface area contributed by atoms with E-state index in [2.05, 4.69) is 20.9 Å². The Labute approximate surface area is 171 Å². The van der Waals surface area contributed by atoms with Crippen molar-refractivity contribution >= 4 is 17.6 Å². The predicted octanol–water partition coefficient (Wildman–Crippen LogP) is 3.28. The van der Waals surface area contributed by atoms with Crippen LogP contribution in [-0.4, -0.2) is 36.6 Å². The van der Waals surface area contributed by atoms with Crippen molar-refractivity contribution in [3.63, 3.8) is 0 Å². The zero-order valence-electron chi connectivity index (χ0n) is 17.3. The first-order valence-electron chi connectivity index (χ1n) is 10.0. The number of benzene rings is 1. The van der Waals surface area contributed by atoms with Crippen molar-refractivity contribution in [2.45, 2.75) is 51.7 Å². The van der Waals surface area contributed by atoms with Gasteiger partial charge in [-0.15, -0.1) is 0 Å². The molecule has 2 heterocycles. The number of hydrogen-bond acceptors (Lipinski definition) is 4. The molecule has 3 N–H and O–H groups in total. The van der Waals surface area contributed by atoms with Gasteiger partial charge < -0.3 is 25.3 Å². The molecular formula is C22H30N4O3. The molecule has 1 fully saturated rings. The number of anilines is 1. The number of piperidine rings is 1. The highest BCUT2D eigenvalue weighted by Gasteiger charge is 2.24. The molecule has 1 aliphatic rings. The summed E-state index contributed by atoms with van der Waals surface area (Å²) in [5, 5.41) is 8.90. The van der Waals surface area contributed by atoms with Crippen molar-refractivity contribution in [2.24, 2.45) is 0 Å². The molecule has 0 atom stereocenters. The molecule has 3 rings (SSSR count). The minimum absolute atomic E-state index is 0.123. The van der Waals surface area contributed by atoms with E-state index in [9.17, 15) is 9.59 Å². The standard InChI is InChI=1S/C22H30N4O3/c1-22(2,3)25-21(28)24-16-10-12-26(13-11-16)19-9-5-4-8-18(19)20(27)23-15-17-7-6-14-29-17/h4-9,14,16H,10-13,15H2,1-3H3,(H,23,27)(H2,24,25,28). The summed E-state index contributed by atoms with van der Waals surface area (Å²) in [6, 6.07) is 11.3. The molecule has 0 spiro atoms. The maximum atomic E-state index is 12.7. The van der Waals surface area contributed by atoms with Gasteiger partial charge in [0.1, 0.15) is 5.76 Å². The molecule has 156 valence electrons. The summed E-state index contributed by atoms with van der Waals surface area (Å²) < 4.78 is 5.28. The van der Waals surface area contributed by atoms with Crippen LogP contribution < -0.4 is 20.9 Å². The van der Waals surface area contributed by atoms with Crippen LogP contribution in [0.4, 0.5) is 10.5 Å². The summed E-state index contributed by atoms with van der Waals surface area (Å²) in [4.78, 5) is 27.0. The van der Waals surface area contributed by atoms with E-state index in [1.807, 2.05) is 51.1 Å². The fraction of sp³-hybridized carbons (Fsp3) is 0.455. The Balaban J connectivity index is 1.57. The second-order valence-electron chi connectivity index (χ2n) is 8.39. The third-order valence-electron chi connectivity index (χ3n) is 4.81. The average molecular weight is 399 g/mol. The van der Waals surface area contributed by atoms with Gasteiger partial charge >= 0.3 is 6.03 Å². The molecule has 1 saturated heterocycles. The molecule has 7 nitrogen and oxygen atoms in total. The molecule has 2 aromatic rings. The molecule has 0 radical (unpaired) electrons. The molecule has 1 aromatic heterocycles. The largest absolute Gasteiger partial charge is 0.467 e. The summed E-state index contributed by atoms with van der Waals surface area (Å²) in [5.41, 5.74) is 1.31. The lowest BCUT2D eigenvalue weighted by Gasteiger charge is -2.35. The van der Waals surface area contributed by atoms with E-state index in [1.165, 1.54) is 0 Å². The van der Waals surface area contributed by atoms with Crippen LogP contribution in [0.15, 0.2) is 47.1 Å². The average Bonchev–Trinajstić information content (AvgIpc) is 3.19. The lowest BCUT2D eigenvalue weighted by atomic mass is 10.0. The molecule has 0 bridgehead atoms. The molecule has 1 aliphatic heterocycles. The number of para-hydroxylation sites is 1. The Morgan fingerprint density at radius 3 is 2.48 bits per heavy atom. The highest BCUT2D eigenvalue weighted by atomic mass is 16.3. The lowest BCUT2D eigenvalue weighted by Crippen LogP contribution is -2.52. The van der Waals surface area contributed by atoms with Crippen LogP contribution in [-0.2, 0) is 6.54 Å². The Hall–Kier alpha value is -2.96. The molecule has 0 saturated carbocycles. The fourth-order valence-corrected chi connectivity index (χ4v) is 3.44. The van der Waals surface area contributed by atoms with Gasteiger partial charge in [-0.05, 0) is 57.9 Å². The second-order valence-corrected chi connectivity index (χ2v) is 8.39. The second kappa shape index (κ2) is 9.03. The highest BCUT2D eigenvalue weighted by molar-refractivity contribution is 5.99. The van der Waals surface area contributed by atoms with E-state index in [1.54, 1.807) is 12.3 Å². The van der Waals surface area contributed by atoms with Crippen molar-refractivity contribution in [1.29, 1.82) is 0 Å². The van der Waals surface area contributed by atoms with Crippen LogP contribution >= 0.6 is 0 Å². The van der Waals surface area contributed by atoms with Gasteiger partial charge in [0.05, 0.1) is 18.4 Å². The predicted molar refractivity (Wildman–Crippen MR) is 113 cm³/mol. The Morgan fingerprint density at radius 1 is 1.10 bits per heavy atom. The third-order valence-corrected chi connectivity index (χ3v) is 4.81. The molecule has 0 unspecified atom stereocenters. The number of amides is 3. The monoisotopic (exact) mass is 398 g/mol. The topological polar surface area (TPSA) is 86.6 Å². The smallest absolute Gasteiger partial charge is 0.315 e. The van der Waals surface area contributed by atoms with Crippen molar-refractivity contribution in [3.8, 4) is 0 Å². The van der Waals surface area contributed by atoms with Crippen molar-refractivity contribution in [2.75, 3.05) is 18.0 Å². The number of hydrogen-bond donors (Lipinski definition) is 3. The summed E-state index contributed by atoms with van der Waals surface area (Å²) in [5.74, 6) is 0.595. The lowest BCUT2D eigenvalue weighted by molar-refractivity contribution is 0.0948. The van der Waals surface area contributed by atoms with Crippen LogP contribution in [0.25, 0.3) is 0 Å². The van der Waals surface area contributed by atoms with Gasteiger partial charge in [0, 0.05) is 30.4 Å². The number of carbonyl (C=O) groups is 2. The molecule has 3 amide bonds. The van der Waals surface area contributed by atoms with E-state index < -0.39 is 0 Å². The van der Waals surface area contributed by atoms with Gasteiger partial charge in [-0.1, -0.05) is 12.1 Å². The minimum atomic E-state index is -0.257. The maximum absolute atomic E-state index is 12.7. The molecule has 0 aliphatic carbocycles. The van der Waals surface area contributed by atoms with Gasteiger partial charge in [-0.25, -0.2) is 4.79 Å². The zero-order chi connectivity index (χ0) is 20.9. The minimum Gasteiger partial charge on any atom is -0.467 e. The SMILES string of the molecule is CC(C)(C)NC(=O)NC1CCN(c2ccccc2C(=O)NCc2ccco2)CC1. The van der Waals surface area contributed by atoms with Gasteiger partial charge in [0.25, 0.3) is 5.91 Å². The van der Waals surface area contributed by atoms with Crippen LogP contribution in [0, 0.1) is 0 Å². The van der Waals surface area contributed by atoms with E-state index >= 15 is 0 Å². The van der Waals surface area contributed by atoms with Gasteiger partial charge in [0.15, 0.2) is 0 Å². The Bertz CT molecular complexity index is 819. The molecular weight excluding hydrogens is 368 g/mol. The number of carbonyl (C=O) groups excluding carboxylic acids is 2. The van der Waals surface area contributed by atoms with Crippen LogP contribution in [0.5, 0.6) is 0 Å². The van der Waals surface area contributed by atoms with E-state index in [4.69, 9.17) is 4.42 Å². The number of nitrogens with one attached hydrogen (secondary N) is 3. The third kappa shape index (κ3) is 6.01. The Kier molecular flexibility index (Phi) is 6.46. The van der Waals surface area contributed by atoms with E-state index in [-0.39, 0.29) is 23.5 Å². The van der Waals surface area contributed by atoms with Crippen LogP contribution in [0.1, 0.15) is 49.7 Å². The zero-order valence-corrected chi connectivity index (χ0v) is 17.3. The summed E-state index contributed by atoms with van der Waals surface area (Å²) in [6.07, 6.45) is 3.26. The quantitative estimate of drug-likeness (QED) is 0.721. The van der Waals surface area contributed by atoms with Crippen molar-refractivity contribution in [1.82, 2.24) is 16.0 Å². The van der Waals surface area contributed by atoms with E-state index in [0.29, 0.717) is 12.1 Å². The highest BCUT2D eigenvalue weighted by Crippen LogP contribution is 2.24. The van der Waals surface area contributed by atoms with Gasteiger partial charge in [-0.2, -0.15) is 0 Å². The van der Waals surface area contributed by atoms with Gasteiger partial charge in [-0.3, -0.25) is 4.79 Å². The van der Waals surface area contributed by atoms with E-state index in [0.717, 1.165) is 37.4 Å². The first-order chi connectivity index (χ1) is 13.8. The molecule has 29 heavy (non-hydrogen) atoms. The number of nitrogens with zero attached hydrogens (tertiary/aromatic N) is 1. The summed E-state index contributed by atoms with van der Waals surface area (Å²) >= 11 is 0. The van der Waals surface area contributed by atoms with Crippen molar-refractivity contribution in [3.05, 3.63) is 54.0 Å². The summed E-state index contributed by atoms with van der Waals surface area (Å²) in [6.45, 7) is 7.80. The first kappa shape index (κ1) is 20.8. The normalized spacial score (nSPS) is 15.1. The number of furan rings is 1.